The van der Waals surface area contributed by atoms with E-state index in [-0.39, 0.29) is 16.7 Å². The van der Waals surface area contributed by atoms with Crippen LogP contribution in [-0.4, -0.2) is 36.0 Å². The first-order chi connectivity index (χ1) is 12.0. The Morgan fingerprint density at radius 1 is 1.20 bits per heavy atom. The molecule has 0 unspecified atom stereocenters. The molecule has 25 heavy (non-hydrogen) atoms. The van der Waals surface area contributed by atoms with Gasteiger partial charge in [0.25, 0.3) is 0 Å². The smallest absolute Gasteiger partial charge is 0.233 e. The maximum atomic E-state index is 13.3. The summed E-state index contributed by atoms with van der Waals surface area (Å²) in [7, 11) is 1.66. The minimum atomic E-state index is -0.390. The summed E-state index contributed by atoms with van der Waals surface area (Å²) in [6.07, 6.45) is 4.60. The number of benzene rings is 1. The molecule has 0 N–H and O–H groups in total. The van der Waals surface area contributed by atoms with Crippen molar-refractivity contribution in [2.24, 2.45) is 5.41 Å². The second-order valence-electron chi connectivity index (χ2n) is 7.89. The molecule has 1 aromatic carbocycles. The first kappa shape index (κ1) is 16.1. The van der Waals surface area contributed by atoms with E-state index in [0.29, 0.717) is 5.92 Å². The molecule has 2 aliphatic rings. The lowest BCUT2D eigenvalue weighted by atomic mass is 9.83. The van der Waals surface area contributed by atoms with Crippen LogP contribution >= 0.6 is 0 Å². The predicted octanol–water partition coefficient (Wildman–Crippen LogP) is 3.38. The highest BCUT2D eigenvalue weighted by Gasteiger charge is 2.68. The summed E-state index contributed by atoms with van der Waals surface area (Å²) >= 11 is 0. The van der Waals surface area contributed by atoms with E-state index in [1.807, 2.05) is 41.4 Å². The van der Waals surface area contributed by atoms with Crippen LogP contribution in [0.4, 0.5) is 0 Å². The van der Waals surface area contributed by atoms with E-state index in [2.05, 4.69) is 24.9 Å². The molecule has 4 nitrogen and oxygen atoms in total. The number of ether oxygens (including phenoxy) is 1. The van der Waals surface area contributed by atoms with Gasteiger partial charge >= 0.3 is 0 Å². The molecule has 4 rings (SSSR count). The van der Waals surface area contributed by atoms with Crippen LogP contribution < -0.4 is 4.74 Å². The van der Waals surface area contributed by atoms with E-state index in [1.165, 1.54) is 5.56 Å². The maximum absolute atomic E-state index is 13.3. The zero-order chi connectivity index (χ0) is 17.7. The van der Waals surface area contributed by atoms with Crippen LogP contribution in [0.5, 0.6) is 5.75 Å². The van der Waals surface area contributed by atoms with Crippen LogP contribution in [-0.2, 0) is 10.2 Å². The second kappa shape index (κ2) is 5.58. The fourth-order valence-corrected chi connectivity index (χ4v) is 4.22. The van der Waals surface area contributed by atoms with Gasteiger partial charge in [0.05, 0.1) is 12.5 Å². The number of carbonyl (C=O) groups is 1. The summed E-state index contributed by atoms with van der Waals surface area (Å²) in [6, 6.07) is 12.1. The monoisotopic (exact) mass is 336 g/mol. The Balaban J connectivity index is 1.53. The van der Waals surface area contributed by atoms with Crippen LogP contribution in [0.2, 0.25) is 0 Å². The quantitative estimate of drug-likeness (QED) is 0.859. The molecule has 1 aliphatic heterocycles. The van der Waals surface area contributed by atoms with Gasteiger partial charge in [-0.05, 0) is 41.2 Å². The molecule has 1 aliphatic carbocycles. The summed E-state index contributed by atoms with van der Waals surface area (Å²) in [5.41, 5.74) is 1.94. The molecule has 2 fully saturated rings. The van der Waals surface area contributed by atoms with E-state index in [4.69, 9.17) is 4.74 Å². The third-order valence-electron chi connectivity index (χ3n) is 6.01. The van der Waals surface area contributed by atoms with Crippen molar-refractivity contribution in [3.63, 3.8) is 0 Å². The Labute approximate surface area is 148 Å². The van der Waals surface area contributed by atoms with Gasteiger partial charge in [-0.2, -0.15) is 0 Å². The highest BCUT2D eigenvalue weighted by Crippen LogP contribution is 2.65. The van der Waals surface area contributed by atoms with Crippen LogP contribution in [0.15, 0.2) is 48.8 Å². The summed E-state index contributed by atoms with van der Waals surface area (Å²) in [5, 5.41) is 0. The van der Waals surface area contributed by atoms with Gasteiger partial charge in [0.15, 0.2) is 0 Å². The van der Waals surface area contributed by atoms with E-state index >= 15 is 0 Å². The Kier molecular flexibility index (Phi) is 3.60. The number of carbonyl (C=O) groups excluding carboxylic acids is 1. The number of hydrogen-bond donors (Lipinski definition) is 0. The molecule has 2 aromatic rings. The number of pyridine rings is 1. The molecular weight excluding hydrogens is 312 g/mol. The van der Waals surface area contributed by atoms with Crippen LogP contribution in [0.25, 0.3) is 0 Å². The van der Waals surface area contributed by atoms with Gasteiger partial charge < -0.3 is 9.64 Å². The normalized spacial score (nSPS) is 24.5. The average molecular weight is 336 g/mol. The maximum Gasteiger partial charge on any atom is 0.233 e. The molecule has 4 heteroatoms. The summed E-state index contributed by atoms with van der Waals surface area (Å²) in [5.74, 6) is 1.50. The van der Waals surface area contributed by atoms with Crippen molar-refractivity contribution in [2.75, 3.05) is 20.2 Å². The fourth-order valence-electron chi connectivity index (χ4n) is 4.22. The standard InChI is InChI=1S/C21H24N2O2/c1-20(2)14-21(20,17-6-8-18(25-3)9-7-17)19(24)23-12-16(13-23)15-5-4-10-22-11-15/h4-11,16H,12-14H2,1-3H3/t21-/m0/s1. The summed E-state index contributed by atoms with van der Waals surface area (Å²) in [4.78, 5) is 19.5. The molecule has 1 saturated carbocycles. The number of hydrogen-bond acceptors (Lipinski definition) is 3. The number of likely N-dealkylation sites (tertiary alicyclic amines) is 1. The van der Waals surface area contributed by atoms with E-state index < -0.39 is 0 Å². The van der Waals surface area contributed by atoms with Gasteiger partial charge in [0.2, 0.25) is 5.91 Å². The van der Waals surface area contributed by atoms with Gasteiger partial charge in [-0.1, -0.05) is 32.0 Å². The van der Waals surface area contributed by atoms with Crippen molar-refractivity contribution in [1.29, 1.82) is 0 Å². The minimum Gasteiger partial charge on any atom is -0.497 e. The number of rotatable bonds is 4. The van der Waals surface area contributed by atoms with Crippen molar-refractivity contribution in [3.05, 3.63) is 59.9 Å². The lowest BCUT2D eigenvalue weighted by Crippen LogP contribution is -2.53. The number of nitrogens with zero attached hydrogens (tertiary/aromatic N) is 2. The fraction of sp³-hybridized carbons (Fsp3) is 0.429. The number of aromatic nitrogens is 1. The Bertz CT molecular complexity index is 779. The van der Waals surface area contributed by atoms with Gasteiger partial charge in [0, 0.05) is 31.4 Å². The van der Waals surface area contributed by atoms with E-state index in [9.17, 15) is 4.79 Å². The topological polar surface area (TPSA) is 42.4 Å². The average Bonchev–Trinajstić information content (AvgIpc) is 3.18. The summed E-state index contributed by atoms with van der Waals surface area (Å²) in [6.45, 7) is 5.96. The number of amides is 1. The van der Waals surface area contributed by atoms with Crippen LogP contribution in [0.3, 0.4) is 0 Å². The van der Waals surface area contributed by atoms with Crippen molar-refractivity contribution in [2.45, 2.75) is 31.6 Å². The molecule has 1 aromatic heterocycles. The van der Waals surface area contributed by atoms with Gasteiger partial charge in [-0.3, -0.25) is 9.78 Å². The predicted molar refractivity (Wildman–Crippen MR) is 96.6 cm³/mol. The Morgan fingerprint density at radius 2 is 1.88 bits per heavy atom. The zero-order valence-corrected chi connectivity index (χ0v) is 15.0. The first-order valence-electron chi connectivity index (χ1n) is 8.82. The van der Waals surface area contributed by atoms with Crippen molar-refractivity contribution in [3.8, 4) is 5.75 Å². The van der Waals surface area contributed by atoms with Crippen molar-refractivity contribution < 1.29 is 9.53 Å². The number of methoxy groups -OCH3 is 1. The molecule has 1 atom stereocenters. The van der Waals surface area contributed by atoms with Crippen LogP contribution in [0.1, 0.15) is 37.3 Å². The Hall–Kier alpha value is -2.36. The lowest BCUT2D eigenvalue weighted by Gasteiger charge is -2.42. The lowest BCUT2D eigenvalue weighted by molar-refractivity contribution is -0.139. The van der Waals surface area contributed by atoms with Crippen molar-refractivity contribution in [1.82, 2.24) is 9.88 Å². The Morgan fingerprint density at radius 3 is 2.40 bits per heavy atom. The molecule has 0 bridgehead atoms. The molecule has 1 amide bonds. The third kappa shape index (κ3) is 2.43. The SMILES string of the molecule is COc1ccc([C@]2(C(=O)N3CC(c4cccnc4)C3)CC2(C)C)cc1. The molecule has 0 radical (unpaired) electrons. The van der Waals surface area contributed by atoms with Gasteiger partial charge in [0.1, 0.15) is 5.75 Å². The van der Waals surface area contributed by atoms with Gasteiger partial charge in [-0.15, -0.1) is 0 Å². The molecule has 130 valence electrons. The molecule has 2 heterocycles. The highest BCUT2D eigenvalue weighted by molar-refractivity contribution is 5.93. The first-order valence-corrected chi connectivity index (χ1v) is 8.82. The molecular formula is C21H24N2O2. The zero-order valence-electron chi connectivity index (χ0n) is 15.0. The van der Waals surface area contributed by atoms with Crippen molar-refractivity contribution >= 4 is 5.91 Å². The molecule has 1 saturated heterocycles. The van der Waals surface area contributed by atoms with Crippen LogP contribution in [0, 0.1) is 5.41 Å². The van der Waals surface area contributed by atoms with Gasteiger partial charge in [-0.25, -0.2) is 0 Å². The highest BCUT2D eigenvalue weighted by atomic mass is 16.5. The van der Waals surface area contributed by atoms with E-state index in [0.717, 1.165) is 30.8 Å². The molecule has 0 spiro atoms. The largest absolute Gasteiger partial charge is 0.497 e. The second-order valence-corrected chi connectivity index (χ2v) is 7.89. The van der Waals surface area contributed by atoms with E-state index in [1.54, 1.807) is 13.3 Å². The minimum absolute atomic E-state index is 0.00192. The third-order valence-corrected chi connectivity index (χ3v) is 6.01. The summed E-state index contributed by atoms with van der Waals surface area (Å²) < 4.78 is 5.26.